The molecule has 1 aromatic heterocycles. The number of fused-ring (bicyclic) bond motifs is 1. The summed E-state index contributed by atoms with van der Waals surface area (Å²) in [6, 6.07) is 11.3. The topological polar surface area (TPSA) is 113 Å². The van der Waals surface area contributed by atoms with Crippen LogP contribution in [0, 0.1) is 0 Å². The van der Waals surface area contributed by atoms with Crippen LogP contribution in [0.15, 0.2) is 58.4 Å². The molecule has 156 valence electrons. The molecule has 0 unspecified atom stereocenters. The Morgan fingerprint density at radius 3 is 2.60 bits per heavy atom. The lowest BCUT2D eigenvalue weighted by Crippen LogP contribution is -2.50. The van der Waals surface area contributed by atoms with Crippen LogP contribution < -0.4 is 10.3 Å². The number of nitrogens with zero attached hydrogens (tertiary/aromatic N) is 3. The molecule has 0 saturated carbocycles. The maximum Gasteiger partial charge on any atom is 0.266 e. The van der Waals surface area contributed by atoms with E-state index in [1.54, 1.807) is 29.2 Å². The molecule has 1 saturated heterocycles. The predicted molar refractivity (Wildman–Crippen MR) is 110 cm³/mol. The zero-order valence-electron chi connectivity index (χ0n) is 16.2. The van der Waals surface area contributed by atoms with Crippen molar-refractivity contribution in [3.63, 3.8) is 0 Å². The van der Waals surface area contributed by atoms with Crippen molar-refractivity contribution < 1.29 is 17.9 Å². The van der Waals surface area contributed by atoms with Gasteiger partial charge in [-0.15, -0.1) is 0 Å². The van der Waals surface area contributed by atoms with Gasteiger partial charge in [0.25, 0.3) is 11.5 Å². The maximum absolute atomic E-state index is 13.0. The van der Waals surface area contributed by atoms with Gasteiger partial charge in [0.1, 0.15) is 5.75 Å². The highest BCUT2D eigenvalue weighted by Crippen LogP contribution is 2.22. The largest absolute Gasteiger partial charge is 0.497 e. The van der Waals surface area contributed by atoms with Crippen LogP contribution in [0.3, 0.4) is 0 Å². The number of hydrogen-bond donors (Lipinski definition) is 1. The lowest BCUT2D eigenvalue weighted by atomic mass is 10.1. The zero-order valence-corrected chi connectivity index (χ0v) is 17.1. The first-order valence-electron chi connectivity index (χ1n) is 9.31. The molecule has 0 atom stereocenters. The zero-order chi connectivity index (χ0) is 21.3. The maximum atomic E-state index is 13.0. The number of H-pyrrole nitrogens is 1. The average molecular weight is 428 g/mol. The van der Waals surface area contributed by atoms with Crippen molar-refractivity contribution in [2.45, 2.75) is 4.90 Å². The summed E-state index contributed by atoms with van der Waals surface area (Å²) < 4.78 is 32.6. The third kappa shape index (κ3) is 3.79. The summed E-state index contributed by atoms with van der Waals surface area (Å²) in [6.45, 7) is 0.951. The molecule has 0 bridgehead atoms. The highest BCUT2D eigenvalue weighted by atomic mass is 32.2. The predicted octanol–water partition coefficient (Wildman–Crippen LogP) is 1.08. The molecule has 1 amide bonds. The molecule has 30 heavy (non-hydrogen) atoms. The molecule has 0 aliphatic carbocycles. The fourth-order valence-corrected chi connectivity index (χ4v) is 4.84. The number of aromatic nitrogens is 2. The summed E-state index contributed by atoms with van der Waals surface area (Å²) >= 11 is 0. The first-order valence-corrected chi connectivity index (χ1v) is 10.7. The van der Waals surface area contributed by atoms with Crippen molar-refractivity contribution in [2.75, 3.05) is 33.3 Å². The van der Waals surface area contributed by atoms with Crippen LogP contribution in [0.1, 0.15) is 10.4 Å². The molecule has 3 aromatic rings. The molecule has 1 aliphatic heterocycles. The van der Waals surface area contributed by atoms with Crippen LogP contribution in [-0.2, 0) is 10.0 Å². The number of carbonyl (C=O) groups is 1. The molecule has 4 rings (SSSR count). The molecule has 9 nitrogen and oxygen atoms in total. The molecule has 2 heterocycles. The summed E-state index contributed by atoms with van der Waals surface area (Å²) in [7, 11) is -2.21. The van der Waals surface area contributed by atoms with E-state index in [0.29, 0.717) is 22.3 Å². The molecular formula is C20H20N4O5S. The summed E-state index contributed by atoms with van der Waals surface area (Å²) in [5.74, 6) is 0.429. The van der Waals surface area contributed by atoms with Crippen LogP contribution in [0.4, 0.5) is 0 Å². The third-order valence-electron chi connectivity index (χ3n) is 5.03. The van der Waals surface area contributed by atoms with Crippen molar-refractivity contribution >= 4 is 27.0 Å². The van der Waals surface area contributed by atoms with Crippen LogP contribution in [0.5, 0.6) is 5.75 Å². The number of piperazine rings is 1. The highest BCUT2D eigenvalue weighted by Gasteiger charge is 2.30. The van der Waals surface area contributed by atoms with Crippen molar-refractivity contribution in [1.29, 1.82) is 0 Å². The number of sulfonamides is 1. The molecule has 10 heteroatoms. The molecule has 0 radical (unpaired) electrons. The number of benzene rings is 2. The van der Waals surface area contributed by atoms with Crippen LogP contribution in [0.2, 0.25) is 0 Å². The van der Waals surface area contributed by atoms with Gasteiger partial charge in [0.15, 0.2) is 0 Å². The van der Waals surface area contributed by atoms with Gasteiger partial charge in [-0.2, -0.15) is 4.31 Å². The van der Waals surface area contributed by atoms with E-state index in [0.717, 1.165) is 6.20 Å². The Bertz CT molecular complexity index is 1260. The van der Waals surface area contributed by atoms with Crippen molar-refractivity contribution in [2.24, 2.45) is 0 Å². The SMILES string of the molecule is COc1cccc(C(=O)N2CCN(S(=O)(=O)c3ccc4[nH]c(=O)cnc4c3)CC2)c1. The molecule has 1 aliphatic rings. The van der Waals surface area contributed by atoms with Crippen molar-refractivity contribution in [3.05, 3.63) is 64.6 Å². The van der Waals surface area contributed by atoms with Crippen LogP contribution in [-0.4, -0.2) is 66.8 Å². The van der Waals surface area contributed by atoms with Gasteiger partial charge in [0.05, 0.1) is 29.2 Å². The second-order valence-electron chi connectivity index (χ2n) is 6.85. The number of rotatable bonds is 4. The van der Waals surface area contributed by atoms with E-state index in [1.165, 1.54) is 29.6 Å². The Morgan fingerprint density at radius 1 is 1.10 bits per heavy atom. The molecule has 1 fully saturated rings. The third-order valence-corrected chi connectivity index (χ3v) is 6.92. The Balaban J connectivity index is 1.49. The van der Waals surface area contributed by atoms with Gasteiger partial charge in [0.2, 0.25) is 10.0 Å². The number of hydrogen-bond acceptors (Lipinski definition) is 6. The van der Waals surface area contributed by atoms with Gasteiger partial charge in [-0.1, -0.05) is 6.07 Å². The Hall–Kier alpha value is -3.24. The van der Waals surface area contributed by atoms with E-state index in [9.17, 15) is 18.0 Å². The highest BCUT2D eigenvalue weighted by molar-refractivity contribution is 7.89. The van der Waals surface area contributed by atoms with E-state index in [2.05, 4.69) is 9.97 Å². The smallest absolute Gasteiger partial charge is 0.266 e. The molecule has 0 spiro atoms. The summed E-state index contributed by atoms with van der Waals surface area (Å²) in [5, 5.41) is 0. The molecule has 1 N–H and O–H groups in total. The van der Waals surface area contributed by atoms with Gasteiger partial charge < -0.3 is 14.6 Å². The second-order valence-corrected chi connectivity index (χ2v) is 8.79. The van der Waals surface area contributed by atoms with Gasteiger partial charge in [-0.05, 0) is 36.4 Å². The van der Waals surface area contributed by atoms with Crippen molar-refractivity contribution in [3.8, 4) is 5.75 Å². The van der Waals surface area contributed by atoms with E-state index in [4.69, 9.17) is 4.74 Å². The van der Waals surface area contributed by atoms with Gasteiger partial charge >= 0.3 is 0 Å². The van der Waals surface area contributed by atoms with E-state index < -0.39 is 10.0 Å². The number of aromatic amines is 1. The van der Waals surface area contributed by atoms with Gasteiger partial charge in [0, 0.05) is 31.7 Å². The fraction of sp³-hybridized carbons (Fsp3) is 0.250. The fourth-order valence-electron chi connectivity index (χ4n) is 3.40. The normalized spacial score (nSPS) is 15.3. The van der Waals surface area contributed by atoms with Gasteiger partial charge in [-0.3, -0.25) is 9.59 Å². The number of amides is 1. The Kier molecular flexibility index (Phi) is 5.27. The van der Waals surface area contributed by atoms with E-state index in [1.807, 2.05) is 0 Å². The lowest BCUT2D eigenvalue weighted by Gasteiger charge is -2.34. The number of ether oxygens (including phenoxy) is 1. The number of carbonyl (C=O) groups excluding carboxylic acids is 1. The monoisotopic (exact) mass is 428 g/mol. The summed E-state index contributed by atoms with van der Waals surface area (Å²) in [4.78, 5) is 32.4. The van der Waals surface area contributed by atoms with Crippen LogP contribution in [0.25, 0.3) is 11.0 Å². The van der Waals surface area contributed by atoms with Crippen LogP contribution >= 0.6 is 0 Å². The standard InChI is InChI=1S/C20H20N4O5S/c1-29-15-4-2-3-14(11-15)20(26)23-7-9-24(10-8-23)30(27,28)16-5-6-17-18(12-16)21-13-19(25)22-17/h2-6,11-13H,7-10H2,1H3,(H,22,25). The Morgan fingerprint density at radius 2 is 1.87 bits per heavy atom. The van der Waals surface area contributed by atoms with Crippen molar-refractivity contribution in [1.82, 2.24) is 19.2 Å². The lowest BCUT2D eigenvalue weighted by molar-refractivity contribution is 0.0697. The minimum Gasteiger partial charge on any atom is -0.497 e. The minimum absolute atomic E-state index is 0.0992. The average Bonchev–Trinajstić information content (AvgIpc) is 2.78. The summed E-state index contributed by atoms with van der Waals surface area (Å²) in [6.07, 6.45) is 1.11. The Labute approximate surface area is 173 Å². The van der Waals surface area contributed by atoms with E-state index in [-0.39, 0.29) is 42.5 Å². The first kappa shape index (κ1) is 20.0. The summed E-state index contributed by atoms with van der Waals surface area (Å²) in [5.41, 5.74) is 1.01. The first-order chi connectivity index (χ1) is 14.4. The quantitative estimate of drug-likeness (QED) is 0.665. The van der Waals surface area contributed by atoms with E-state index >= 15 is 0 Å². The van der Waals surface area contributed by atoms with Gasteiger partial charge in [-0.25, -0.2) is 13.4 Å². The second kappa shape index (κ2) is 7.88. The minimum atomic E-state index is -3.74. The number of nitrogens with one attached hydrogen (secondary N) is 1. The number of methoxy groups -OCH3 is 1. The molecule has 2 aromatic carbocycles. The molecular weight excluding hydrogens is 408 g/mol.